The molecule has 0 amide bonds. The van der Waals surface area contributed by atoms with Crippen molar-refractivity contribution in [3.8, 4) is 5.88 Å². The fraction of sp³-hybridized carbons (Fsp3) is 0.381. The molecule has 0 aliphatic carbocycles. The minimum absolute atomic E-state index is 0.557. The van der Waals surface area contributed by atoms with Crippen molar-refractivity contribution in [3.05, 3.63) is 65.4 Å². The van der Waals surface area contributed by atoms with Gasteiger partial charge < -0.3 is 4.74 Å². The molecule has 24 heavy (non-hydrogen) atoms. The molecule has 2 aliphatic heterocycles. The standard InChI is InChI=1S/C21H24N2O/c1-15-10-18(13-22-21(15)24-2)17-11-19-8-9-20(12-17)23(19)14-16-6-4-3-5-7-16/h3-7,10-11,13,19-20H,8-9,12,14H2,1-2H3. The predicted molar refractivity (Wildman–Crippen MR) is 96.9 cm³/mol. The van der Waals surface area contributed by atoms with Gasteiger partial charge in [-0.2, -0.15) is 0 Å². The van der Waals surface area contributed by atoms with E-state index in [1.54, 1.807) is 7.11 Å². The maximum absolute atomic E-state index is 5.29. The molecule has 4 rings (SSSR count). The van der Waals surface area contributed by atoms with Crippen LogP contribution in [-0.4, -0.2) is 29.1 Å². The Bertz CT molecular complexity index is 754. The molecule has 3 nitrogen and oxygen atoms in total. The molecule has 1 aromatic carbocycles. The summed E-state index contributed by atoms with van der Waals surface area (Å²) in [6.07, 6.45) is 8.11. The number of aromatic nitrogens is 1. The Kier molecular flexibility index (Phi) is 4.11. The highest BCUT2D eigenvalue weighted by Gasteiger charge is 2.36. The van der Waals surface area contributed by atoms with E-state index in [2.05, 4.69) is 59.3 Å². The van der Waals surface area contributed by atoms with Gasteiger partial charge in [0.1, 0.15) is 0 Å². The number of hydrogen-bond donors (Lipinski definition) is 0. The van der Waals surface area contributed by atoms with Gasteiger partial charge >= 0.3 is 0 Å². The number of fused-ring (bicyclic) bond motifs is 2. The Balaban J connectivity index is 1.56. The Hall–Kier alpha value is -2.13. The van der Waals surface area contributed by atoms with Crippen molar-refractivity contribution < 1.29 is 4.74 Å². The largest absolute Gasteiger partial charge is 0.481 e. The van der Waals surface area contributed by atoms with E-state index in [4.69, 9.17) is 4.74 Å². The molecular weight excluding hydrogens is 296 g/mol. The molecular formula is C21H24N2O. The van der Waals surface area contributed by atoms with Crippen LogP contribution in [-0.2, 0) is 6.54 Å². The first-order valence-electron chi connectivity index (χ1n) is 8.76. The summed E-state index contributed by atoms with van der Waals surface area (Å²) in [7, 11) is 1.68. The molecule has 0 N–H and O–H groups in total. The fourth-order valence-corrected chi connectivity index (χ4v) is 4.12. The van der Waals surface area contributed by atoms with Gasteiger partial charge in [-0.15, -0.1) is 0 Å². The van der Waals surface area contributed by atoms with Crippen molar-refractivity contribution >= 4 is 5.57 Å². The van der Waals surface area contributed by atoms with Crippen molar-refractivity contribution in [1.82, 2.24) is 9.88 Å². The van der Waals surface area contributed by atoms with Crippen molar-refractivity contribution in [2.75, 3.05) is 7.11 Å². The van der Waals surface area contributed by atoms with Gasteiger partial charge in [0.05, 0.1) is 7.11 Å². The van der Waals surface area contributed by atoms with Gasteiger partial charge in [0.25, 0.3) is 0 Å². The molecule has 1 saturated heterocycles. The number of benzene rings is 1. The fourth-order valence-electron chi connectivity index (χ4n) is 4.12. The van der Waals surface area contributed by atoms with Crippen LogP contribution in [0.2, 0.25) is 0 Å². The molecule has 124 valence electrons. The van der Waals surface area contributed by atoms with E-state index < -0.39 is 0 Å². The van der Waals surface area contributed by atoms with Crippen molar-refractivity contribution in [1.29, 1.82) is 0 Å². The molecule has 0 spiro atoms. The molecule has 1 aromatic heterocycles. The third kappa shape index (κ3) is 2.84. The Morgan fingerprint density at radius 3 is 2.75 bits per heavy atom. The Morgan fingerprint density at radius 1 is 1.21 bits per heavy atom. The van der Waals surface area contributed by atoms with Crippen LogP contribution in [0, 0.1) is 6.92 Å². The molecule has 2 bridgehead atoms. The molecule has 2 aliphatic rings. The number of aryl methyl sites for hydroxylation is 1. The molecule has 3 heterocycles. The minimum Gasteiger partial charge on any atom is -0.481 e. The highest BCUT2D eigenvalue weighted by Crippen LogP contribution is 2.39. The summed E-state index contributed by atoms with van der Waals surface area (Å²) in [4.78, 5) is 7.12. The van der Waals surface area contributed by atoms with E-state index in [1.807, 2.05) is 6.20 Å². The molecule has 2 unspecified atom stereocenters. The number of hydrogen-bond acceptors (Lipinski definition) is 3. The van der Waals surface area contributed by atoms with Gasteiger partial charge in [-0.25, -0.2) is 4.98 Å². The third-order valence-electron chi connectivity index (χ3n) is 5.34. The summed E-state index contributed by atoms with van der Waals surface area (Å²) >= 11 is 0. The highest BCUT2D eigenvalue weighted by molar-refractivity contribution is 5.68. The number of rotatable bonds is 4. The van der Waals surface area contributed by atoms with Gasteiger partial charge in [0.2, 0.25) is 5.88 Å². The van der Waals surface area contributed by atoms with Crippen molar-refractivity contribution in [2.45, 2.75) is 44.8 Å². The summed E-state index contributed by atoms with van der Waals surface area (Å²) in [6, 6.07) is 14.2. The van der Waals surface area contributed by atoms with E-state index in [-0.39, 0.29) is 0 Å². The van der Waals surface area contributed by atoms with Crippen LogP contribution >= 0.6 is 0 Å². The lowest BCUT2D eigenvalue weighted by molar-refractivity contribution is 0.203. The molecule has 3 heteroatoms. The maximum atomic E-state index is 5.29. The van der Waals surface area contributed by atoms with E-state index in [0.29, 0.717) is 12.1 Å². The summed E-state index contributed by atoms with van der Waals surface area (Å²) in [5.41, 5.74) is 5.22. The SMILES string of the molecule is COc1ncc(C2=CC3CCC(C2)N3Cc2ccccc2)cc1C. The lowest BCUT2D eigenvalue weighted by atomic mass is 9.94. The first-order valence-corrected chi connectivity index (χ1v) is 8.76. The minimum atomic E-state index is 0.557. The number of ether oxygens (including phenoxy) is 1. The van der Waals surface area contributed by atoms with Crippen molar-refractivity contribution in [2.24, 2.45) is 0 Å². The predicted octanol–water partition coefficient (Wildman–Crippen LogP) is 4.22. The topological polar surface area (TPSA) is 25.4 Å². The monoisotopic (exact) mass is 320 g/mol. The molecule has 0 saturated carbocycles. The van der Waals surface area contributed by atoms with Gasteiger partial charge in [-0.1, -0.05) is 36.4 Å². The van der Waals surface area contributed by atoms with Crippen LogP contribution in [0.15, 0.2) is 48.7 Å². The average molecular weight is 320 g/mol. The summed E-state index contributed by atoms with van der Waals surface area (Å²) in [6.45, 7) is 3.12. The lowest BCUT2D eigenvalue weighted by Crippen LogP contribution is -2.37. The summed E-state index contributed by atoms with van der Waals surface area (Å²) in [5, 5.41) is 0. The van der Waals surface area contributed by atoms with Gasteiger partial charge in [-0.05, 0) is 49.0 Å². The quantitative estimate of drug-likeness (QED) is 0.843. The van der Waals surface area contributed by atoms with Gasteiger partial charge in [-0.3, -0.25) is 4.90 Å². The third-order valence-corrected chi connectivity index (χ3v) is 5.34. The van der Waals surface area contributed by atoms with Crippen molar-refractivity contribution in [3.63, 3.8) is 0 Å². The zero-order valence-electron chi connectivity index (χ0n) is 14.4. The first-order chi connectivity index (χ1) is 11.7. The van der Waals surface area contributed by atoms with Crippen LogP contribution < -0.4 is 4.74 Å². The second-order valence-corrected chi connectivity index (χ2v) is 6.90. The summed E-state index contributed by atoms with van der Waals surface area (Å²) in [5.74, 6) is 0.726. The molecule has 2 atom stereocenters. The number of methoxy groups -OCH3 is 1. The Labute approximate surface area is 144 Å². The molecule has 1 fully saturated rings. The van der Waals surface area contributed by atoms with Crippen LogP contribution in [0.25, 0.3) is 5.57 Å². The number of pyridine rings is 1. The highest BCUT2D eigenvalue weighted by atomic mass is 16.5. The Morgan fingerprint density at radius 2 is 2.04 bits per heavy atom. The molecule has 0 radical (unpaired) electrons. The number of nitrogens with zero attached hydrogens (tertiary/aromatic N) is 2. The van der Waals surface area contributed by atoms with Crippen LogP contribution in [0.4, 0.5) is 0 Å². The van der Waals surface area contributed by atoms with Gasteiger partial charge in [0.15, 0.2) is 0 Å². The van der Waals surface area contributed by atoms with E-state index in [1.165, 1.54) is 29.5 Å². The molecule has 2 aromatic rings. The normalized spacial score (nSPS) is 23.2. The maximum Gasteiger partial charge on any atom is 0.215 e. The van der Waals surface area contributed by atoms with Gasteiger partial charge in [0, 0.05) is 30.4 Å². The second kappa shape index (κ2) is 6.40. The van der Waals surface area contributed by atoms with E-state index in [0.717, 1.165) is 24.4 Å². The smallest absolute Gasteiger partial charge is 0.215 e. The zero-order chi connectivity index (χ0) is 16.5. The zero-order valence-corrected chi connectivity index (χ0v) is 14.4. The van der Waals surface area contributed by atoms with Crippen LogP contribution in [0.5, 0.6) is 5.88 Å². The van der Waals surface area contributed by atoms with E-state index >= 15 is 0 Å². The van der Waals surface area contributed by atoms with Crippen LogP contribution in [0.3, 0.4) is 0 Å². The van der Waals surface area contributed by atoms with E-state index in [9.17, 15) is 0 Å². The van der Waals surface area contributed by atoms with Crippen LogP contribution in [0.1, 0.15) is 36.0 Å². The summed E-state index contributed by atoms with van der Waals surface area (Å²) < 4.78 is 5.29. The lowest BCUT2D eigenvalue weighted by Gasteiger charge is -2.34. The second-order valence-electron chi connectivity index (χ2n) is 6.90. The average Bonchev–Trinajstić information content (AvgIpc) is 2.83. The first kappa shape index (κ1) is 15.4.